The maximum atomic E-state index is 12.1. The number of nitrogens with one attached hydrogen (secondary N) is 3. The molecule has 1 atom stereocenters. The van der Waals surface area contributed by atoms with E-state index in [1.807, 2.05) is 34.6 Å². The lowest BCUT2D eigenvalue weighted by atomic mass is 10.00. The zero-order valence-electron chi connectivity index (χ0n) is 12.4. The molecule has 0 aromatic rings. The maximum Gasteiger partial charge on any atom is 0.242 e. The van der Waals surface area contributed by atoms with Gasteiger partial charge in [0.25, 0.3) is 0 Å². The molecular weight excluding hydrogens is 230 g/mol. The monoisotopic (exact) mass is 257 g/mol. The van der Waals surface area contributed by atoms with E-state index in [1.54, 1.807) is 7.05 Å². The molecule has 5 heteroatoms. The lowest BCUT2D eigenvalue weighted by Crippen LogP contribution is -2.57. The minimum Gasteiger partial charge on any atom is -0.357 e. The molecule has 1 unspecified atom stereocenters. The molecule has 0 bridgehead atoms. The smallest absolute Gasteiger partial charge is 0.242 e. The molecule has 0 saturated heterocycles. The Hall–Kier alpha value is -1.10. The number of rotatable bonds is 7. The molecule has 5 nitrogen and oxygen atoms in total. The standard InChI is InChI=1S/C13H27N3O2/c1-7-15-13(4,5)12(18)16-10(8-9(2)3)11(17)14-6/h9-10,15H,7-8H2,1-6H3,(H,14,17)(H,16,18). The van der Waals surface area contributed by atoms with Gasteiger partial charge < -0.3 is 16.0 Å². The van der Waals surface area contributed by atoms with Gasteiger partial charge in [0.1, 0.15) is 6.04 Å². The minimum absolute atomic E-state index is 0.149. The van der Waals surface area contributed by atoms with Crippen LogP contribution in [-0.2, 0) is 9.59 Å². The summed E-state index contributed by atoms with van der Waals surface area (Å²) in [5, 5.41) is 8.49. The third-order valence-corrected chi connectivity index (χ3v) is 2.76. The van der Waals surface area contributed by atoms with Crippen molar-refractivity contribution in [1.82, 2.24) is 16.0 Å². The van der Waals surface area contributed by atoms with Crippen molar-refractivity contribution >= 4 is 11.8 Å². The van der Waals surface area contributed by atoms with Crippen LogP contribution < -0.4 is 16.0 Å². The van der Waals surface area contributed by atoms with E-state index >= 15 is 0 Å². The summed E-state index contributed by atoms with van der Waals surface area (Å²) in [5.74, 6) is 0.0396. The van der Waals surface area contributed by atoms with Gasteiger partial charge in [-0.1, -0.05) is 20.8 Å². The molecule has 0 heterocycles. The highest BCUT2D eigenvalue weighted by Gasteiger charge is 2.30. The van der Waals surface area contributed by atoms with Crippen molar-refractivity contribution in [1.29, 1.82) is 0 Å². The van der Waals surface area contributed by atoms with Gasteiger partial charge in [-0.25, -0.2) is 0 Å². The van der Waals surface area contributed by atoms with Crippen LogP contribution in [0.1, 0.15) is 41.0 Å². The third kappa shape index (κ3) is 5.49. The van der Waals surface area contributed by atoms with Gasteiger partial charge in [0, 0.05) is 7.05 Å². The van der Waals surface area contributed by atoms with Crippen molar-refractivity contribution in [3.05, 3.63) is 0 Å². The molecule has 0 aliphatic rings. The van der Waals surface area contributed by atoms with Gasteiger partial charge in [0.2, 0.25) is 11.8 Å². The Morgan fingerprint density at radius 1 is 1.22 bits per heavy atom. The average Bonchev–Trinajstić information content (AvgIpc) is 2.26. The van der Waals surface area contributed by atoms with E-state index in [4.69, 9.17) is 0 Å². The van der Waals surface area contributed by atoms with Crippen LogP contribution in [0.2, 0.25) is 0 Å². The largest absolute Gasteiger partial charge is 0.357 e. The summed E-state index contributed by atoms with van der Waals surface area (Å²) in [6.45, 7) is 10.3. The third-order valence-electron chi connectivity index (χ3n) is 2.76. The Morgan fingerprint density at radius 3 is 2.17 bits per heavy atom. The first-order valence-electron chi connectivity index (χ1n) is 6.52. The molecule has 0 fully saturated rings. The highest BCUT2D eigenvalue weighted by molar-refractivity contribution is 5.91. The quantitative estimate of drug-likeness (QED) is 0.627. The summed E-state index contributed by atoms with van der Waals surface area (Å²) in [4.78, 5) is 23.8. The Morgan fingerprint density at radius 2 is 1.78 bits per heavy atom. The van der Waals surface area contributed by atoms with Gasteiger partial charge in [0.15, 0.2) is 0 Å². The van der Waals surface area contributed by atoms with E-state index in [0.717, 1.165) is 0 Å². The molecule has 0 rings (SSSR count). The zero-order chi connectivity index (χ0) is 14.3. The predicted octanol–water partition coefficient (Wildman–Crippen LogP) is 0.651. The van der Waals surface area contributed by atoms with Crippen molar-refractivity contribution in [2.24, 2.45) is 5.92 Å². The molecule has 0 aliphatic heterocycles. The fourth-order valence-corrected chi connectivity index (χ4v) is 1.74. The second-order valence-corrected chi connectivity index (χ2v) is 5.43. The van der Waals surface area contributed by atoms with Crippen LogP contribution in [-0.4, -0.2) is 37.0 Å². The van der Waals surface area contributed by atoms with E-state index in [0.29, 0.717) is 18.9 Å². The number of amides is 2. The zero-order valence-corrected chi connectivity index (χ0v) is 12.4. The molecule has 0 radical (unpaired) electrons. The summed E-state index contributed by atoms with van der Waals surface area (Å²) >= 11 is 0. The number of carbonyl (C=O) groups excluding carboxylic acids is 2. The van der Waals surface area contributed by atoms with Crippen LogP contribution in [0.25, 0.3) is 0 Å². The van der Waals surface area contributed by atoms with Crippen LogP contribution in [0.5, 0.6) is 0 Å². The maximum absolute atomic E-state index is 12.1. The first-order valence-corrected chi connectivity index (χ1v) is 6.52. The predicted molar refractivity (Wildman–Crippen MR) is 73.2 cm³/mol. The van der Waals surface area contributed by atoms with Gasteiger partial charge in [-0.3, -0.25) is 9.59 Å². The summed E-state index contributed by atoms with van der Waals surface area (Å²) in [7, 11) is 1.58. The van der Waals surface area contributed by atoms with E-state index in [1.165, 1.54) is 0 Å². The van der Waals surface area contributed by atoms with Crippen LogP contribution in [0.3, 0.4) is 0 Å². The van der Waals surface area contributed by atoms with E-state index in [-0.39, 0.29) is 11.8 Å². The van der Waals surface area contributed by atoms with E-state index < -0.39 is 11.6 Å². The van der Waals surface area contributed by atoms with Crippen molar-refractivity contribution in [3.8, 4) is 0 Å². The van der Waals surface area contributed by atoms with Gasteiger partial charge >= 0.3 is 0 Å². The fourth-order valence-electron chi connectivity index (χ4n) is 1.74. The lowest BCUT2D eigenvalue weighted by molar-refractivity contribution is -0.132. The molecule has 0 aliphatic carbocycles. The van der Waals surface area contributed by atoms with Crippen molar-refractivity contribution in [2.45, 2.75) is 52.6 Å². The molecular formula is C13H27N3O2. The fraction of sp³-hybridized carbons (Fsp3) is 0.846. The first kappa shape index (κ1) is 16.9. The second kappa shape index (κ2) is 7.36. The molecule has 0 spiro atoms. The SMILES string of the molecule is CCNC(C)(C)C(=O)NC(CC(C)C)C(=O)NC. The van der Waals surface area contributed by atoms with Crippen molar-refractivity contribution < 1.29 is 9.59 Å². The van der Waals surface area contributed by atoms with Crippen molar-refractivity contribution in [3.63, 3.8) is 0 Å². The van der Waals surface area contributed by atoms with Gasteiger partial charge in [-0.05, 0) is 32.7 Å². The topological polar surface area (TPSA) is 70.2 Å². The molecule has 2 amide bonds. The molecule has 18 heavy (non-hydrogen) atoms. The molecule has 106 valence electrons. The van der Waals surface area contributed by atoms with E-state index in [9.17, 15) is 9.59 Å². The first-order chi connectivity index (χ1) is 8.24. The number of likely N-dealkylation sites (N-methyl/N-ethyl adjacent to an activating group) is 2. The van der Waals surface area contributed by atoms with Gasteiger partial charge in [0.05, 0.1) is 5.54 Å². The van der Waals surface area contributed by atoms with Crippen molar-refractivity contribution in [2.75, 3.05) is 13.6 Å². The molecule has 3 N–H and O–H groups in total. The number of hydrogen-bond donors (Lipinski definition) is 3. The Bertz CT molecular complexity index is 288. The van der Waals surface area contributed by atoms with Crippen LogP contribution >= 0.6 is 0 Å². The minimum atomic E-state index is -0.669. The molecule has 0 aromatic heterocycles. The summed E-state index contributed by atoms with van der Waals surface area (Å²) < 4.78 is 0. The molecule has 0 aromatic carbocycles. The summed E-state index contributed by atoms with van der Waals surface area (Å²) in [6, 6.07) is -0.472. The number of hydrogen-bond acceptors (Lipinski definition) is 3. The van der Waals surface area contributed by atoms with Crippen LogP contribution in [0.15, 0.2) is 0 Å². The summed E-state index contributed by atoms with van der Waals surface area (Å²) in [6.07, 6.45) is 0.633. The summed E-state index contributed by atoms with van der Waals surface area (Å²) in [5.41, 5.74) is -0.669. The van der Waals surface area contributed by atoms with Gasteiger partial charge in [-0.2, -0.15) is 0 Å². The van der Waals surface area contributed by atoms with E-state index in [2.05, 4.69) is 16.0 Å². The van der Waals surface area contributed by atoms with Crippen LogP contribution in [0, 0.1) is 5.92 Å². The van der Waals surface area contributed by atoms with Gasteiger partial charge in [-0.15, -0.1) is 0 Å². The Labute approximate surface area is 110 Å². The Balaban J connectivity index is 4.67. The normalized spacial score (nSPS) is 13.3. The lowest BCUT2D eigenvalue weighted by Gasteiger charge is -2.28. The van der Waals surface area contributed by atoms with Crippen LogP contribution in [0.4, 0.5) is 0 Å². The molecule has 0 saturated carbocycles. The second-order valence-electron chi connectivity index (χ2n) is 5.43. The highest BCUT2D eigenvalue weighted by atomic mass is 16.2. The Kier molecular flexibility index (Phi) is 6.91. The average molecular weight is 257 g/mol. The highest BCUT2D eigenvalue weighted by Crippen LogP contribution is 2.08. The number of carbonyl (C=O) groups is 2.